The molecule has 0 aromatic heterocycles. The van der Waals surface area contributed by atoms with Crippen LogP contribution in [0, 0.1) is 0 Å². The summed E-state index contributed by atoms with van der Waals surface area (Å²) < 4.78 is 0. The highest BCUT2D eigenvalue weighted by Crippen LogP contribution is 2.01. The fourth-order valence-electron chi connectivity index (χ4n) is 1.28. The van der Waals surface area contributed by atoms with E-state index in [2.05, 4.69) is 16.0 Å². The number of carbonyl (C=O) groups is 3. The largest absolute Gasteiger partial charge is 0.480 e. The smallest absolute Gasteiger partial charge is 0.326 e. The maximum Gasteiger partial charge on any atom is 0.326 e. The van der Waals surface area contributed by atoms with Gasteiger partial charge >= 0.3 is 12.0 Å². The van der Waals surface area contributed by atoms with E-state index in [9.17, 15) is 14.4 Å². The normalized spacial score (nSPS) is 13.2. The molecule has 0 saturated heterocycles. The van der Waals surface area contributed by atoms with Crippen molar-refractivity contribution in [3.05, 3.63) is 0 Å². The van der Waals surface area contributed by atoms with Crippen molar-refractivity contribution in [3.8, 4) is 0 Å². The van der Waals surface area contributed by atoms with Gasteiger partial charge in [0, 0.05) is 6.54 Å². The lowest BCUT2D eigenvalue weighted by atomic mass is 10.2. The molecule has 3 amide bonds. The maximum absolute atomic E-state index is 11.6. The number of rotatable bonds is 8. The molecule has 19 heavy (non-hydrogen) atoms. The van der Waals surface area contributed by atoms with Crippen LogP contribution in [0.4, 0.5) is 4.79 Å². The molecule has 0 rings (SSSR count). The molecule has 0 aliphatic carbocycles. The Morgan fingerprint density at radius 1 is 1.26 bits per heavy atom. The van der Waals surface area contributed by atoms with Gasteiger partial charge in [-0.2, -0.15) is 11.8 Å². The second-order valence-corrected chi connectivity index (χ2v) is 4.89. The third-order valence-corrected chi connectivity index (χ3v) is 2.95. The Bertz CT molecular complexity index is 325. The van der Waals surface area contributed by atoms with E-state index in [0.717, 1.165) is 0 Å². The van der Waals surface area contributed by atoms with Gasteiger partial charge in [0.05, 0.1) is 0 Å². The van der Waals surface area contributed by atoms with Crippen LogP contribution < -0.4 is 16.0 Å². The van der Waals surface area contributed by atoms with Crippen LogP contribution in [0.1, 0.15) is 20.3 Å². The summed E-state index contributed by atoms with van der Waals surface area (Å²) in [5.74, 6) is -0.771. The van der Waals surface area contributed by atoms with Crippen LogP contribution in [0.25, 0.3) is 0 Å². The number of carboxylic acids is 1. The van der Waals surface area contributed by atoms with Gasteiger partial charge in [-0.05, 0) is 32.3 Å². The zero-order chi connectivity index (χ0) is 14.8. The van der Waals surface area contributed by atoms with E-state index in [1.165, 1.54) is 18.7 Å². The van der Waals surface area contributed by atoms with Crippen molar-refractivity contribution in [2.24, 2.45) is 0 Å². The molecule has 0 fully saturated rings. The van der Waals surface area contributed by atoms with E-state index in [0.29, 0.717) is 18.7 Å². The number of hydrogen-bond donors (Lipinski definition) is 4. The predicted octanol–water partition coefficient (Wildman–Crippen LogP) is 0.0165. The first-order chi connectivity index (χ1) is 8.92. The molecule has 0 spiro atoms. The van der Waals surface area contributed by atoms with Crippen LogP contribution in [-0.2, 0) is 9.59 Å². The lowest BCUT2D eigenvalue weighted by Gasteiger charge is -2.17. The van der Waals surface area contributed by atoms with Crippen LogP contribution in [0.5, 0.6) is 0 Å². The number of carbonyl (C=O) groups excluding carboxylic acids is 2. The third kappa shape index (κ3) is 7.55. The van der Waals surface area contributed by atoms with Gasteiger partial charge in [0.2, 0.25) is 5.91 Å². The average molecular weight is 291 g/mol. The minimum atomic E-state index is -1.09. The molecule has 0 aliphatic rings. The Labute approximate surface area is 116 Å². The highest BCUT2D eigenvalue weighted by molar-refractivity contribution is 7.98. The first kappa shape index (κ1) is 17.6. The zero-order valence-electron chi connectivity index (χ0n) is 11.4. The average Bonchev–Trinajstić information content (AvgIpc) is 2.34. The lowest BCUT2D eigenvalue weighted by molar-refractivity contribution is -0.139. The molecule has 0 bridgehead atoms. The molecule has 0 aliphatic heterocycles. The van der Waals surface area contributed by atoms with Gasteiger partial charge in [-0.15, -0.1) is 0 Å². The van der Waals surface area contributed by atoms with Crippen molar-refractivity contribution in [2.75, 3.05) is 18.6 Å². The third-order valence-electron chi connectivity index (χ3n) is 2.31. The Hall–Kier alpha value is -1.44. The van der Waals surface area contributed by atoms with E-state index in [1.54, 1.807) is 6.92 Å². The Morgan fingerprint density at radius 2 is 1.89 bits per heavy atom. The highest BCUT2D eigenvalue weighted by atomic mass is 32.2. The van der Waals surface area contributed by atoms with Crippen molar-refractivity contribution in [1.29, 1.82) is 0 Å². The zero-order valence-corrected chi connectivity index (χ0v) is 12.2. The molecule has 0 heterocycles. The molecule has 0 aromatic rings. The SMILES string of the molecule is CCNC(=O)C(C)NC(=O)N[C@@H](CCSC)C(=O)O. The fourth-order valence-corrected chi connectivity index (χ4v) is 1.75. The van der Waals surface area contributed by atoms with Crippen LogP contribution in [0.15, 0.2) is 0 Å². The van der Waals surface area contributed by atoms with Crippen LogP contribution in [0.2, 0.25) is 0 Å². The Morgan fingerprint density at radius 3 is 2.37 bits per heavy atom. The van der Waals surface area contributed by atoms with Crippen LogP contribution in [0.3, 0.4) is 0 Å². The van der Waals surface area contributed by atoms with Crippen LogP contribution in [-0.4, -0.2) is 53.7 Å². The first-order valence-electron chi connectivity index (χ1n) is 5.98. The number of hydrogen-bond acceptors (Lipinski definition) is 4. The van der Waals surface area contributed by atoms with Gasteiger partial charge in [-0.25, -0.2) is 9.59 Å². The molecule has 4 N–H and O–H groups in total. The molecular weight excluding hydrogens is 270 g/mol. The number of urea groups is 1. The lowest BCUT2D eigenvalue weighted by Crippen LogP contribution is -2.52. The molecule has 110 valence electrons. The Balaban J connectivity index is 4.25. The molecule has 0 radical (unpaired) electrons. The van der Waals surface area contributed by atoms with Gasteiger partial charge in [0.25, 0.3) is 0 Å². The first-order valence-corrected chi connectivity index (χ1v) is 7.38. The van der Waals surface area contributed by atoms with Crippen LogP contribution >= 0.6 is 11.8 Å². The molecular formula is C11H21N3O4S. The molecule has 8 heteroatoms. The van der Waals surface area contributed by atoms with Gasteiger partial charge in [-0.3, -0.25) is 4.79 Å². The molecule has 7 nitrogen and oxygen atoms in total. The standard InChI is InChI=1S/C11H21N3O4S/c1-4-12-9(15)7(2)13-11(18)14-8(10(16)17)5-6-19-3/h7-8H,4-6H2,1-3H3,(H,12,15)(H,16,17)(H2,13,14,18)/t7?,8-/m0/s1. The molecule has 0 aromatic carbocycles. The number of aliphatic carboxylic acids is 1. The summed E-state index contributed by atoms with van der Waals surface area (Å²) >= 11 is 1.50. The second-order valence-electron chi connectivity index (χ2n) is 3.91. The summed E-state index contributed by atoms with van der Waals surface area (Å²) in [5.41, 5.74) is 0. The number of nitrogens with one attached hydrogen (secondary N) is 3. The number of thioether (sulfide) groups is 1. The monoisotopic (exact) mass is 291 g/mol. The van der Waals surface area contributed by atoms with Gasteiger partial charge < -0.3 is 21.1 Å². The topological polar surface area (TPSA) is 108 Å². The number of carboxylic acid groups (broad SMARTS) is 1. The highest BCUT2D eigenvalue weighted by Gasteiger charge is 2.21. The minimum absolute atomic E-state index is 0.311. The van der Waals surface area contributed by atoms with Gasteiger partial charge in [0.15, 0.2) is 0 Å². The molecule has 0 saturated carbocycles. The van der Waals surface area contributed by atoms with Gasteiger partial charge in [0.1, 0.15) is 12.1 Å². The van der Waals surface area contributed by atoms with E-state index >= 15 is 0 Å². The van der Waals surface area contributed by atoms with Crippen molar-refractivity contribution in [1.82, 2.24) is 16.0 Å². The fraction of sp³-hybridized carbons (Fsp3) is 0.727. The Kier molecular flexibility index (Phi) is 8.77. The van der Waals surface area contributed by atoms with E-state index in [-0.39, 0.29) is 5.91 Å². The van der Waals surface area contributed by atoms with E-state index < -0.39 is 24.1 Å². The maximum atomic E-state index is 11.6. The number of amides is 3. The van der Waals surface area contributed by atoms with Crippen molar-refractivity contribution >= 4 is 29.7 Å². The summed E-state index contributed by atoms with van der Waals surface area (Å²) in [6, 6.07) is -2.32. The summed E-state index contributed by atoms with van der Waals surface area (Å²) in [4.78, 5) is 33.9. The summed E-state index contributed by atoms with van der Waals surface area (Å²) in [6.45, 7) is 3.77. The predicted molar refractivity (Wildman–Crippen MR) is 74.2 cm³/mol. The molecule has 2 atom stereocenters. The number of likely N-dealkylation sites (N-methyl/N-ethyl adjacent to an activating group) is 1. The van der Waals surface area contributed by atoms with Crippen molar-refractivity contribution < 1.29 is 19.5 Å². The summed E-state index contributed by atoms with van der Waals surface area (Å²) in [5, 5.41) is 16.2. The molecule has 1 unspecified atom stereocenters. The van der Waals surface area contributed by atoms with E-state index in [4.69, 9.17) is 5.11 Å². The van der Waals surface area contributed by atoms with Crippen molar-refractivity contribution in [3.63, 3.8) is 0 Å². The summed E-state index contributed by atoms with van der Waals surface area (Å²) in [6.07, 6.45) is 2.19. The van der Waals surface area contributed by atoms with Gasteiger partial charge in [-0.1, -0.05) is 0 Å². The summed E-state index contributed by atoms with van der Waals surface area (Å²) in [7, 11) is 0. The minimum Gasteiger partial charge on any atom is -0.480 e. The second kappa shape index (κ2) is 9.48. The van der Waals surface area contributed by atoms with E-state index in [1.807, 2.05) is 6.26 Å². The van der Waals surface area contributed by atoms with Crippen molar-refractivity contribution in [2.45, 2.75) is 32.4 Å². The quantitative estimate of drug-likeness (QED) is 0.504.